The van der Waals surface area contributed by atoms with Crippen LogP contribution in [0.1, 0.15) is 29.3 Å². The number of para-hydroxylation sites is 1. The van der Waals surface area contributed by atoms with Gasteiger partial charge in [0.15, 0.2) is 0 Å². The average molecular weight is 407 g/mol. The van der Waals surface area contributed by atoms with Gasteiger partial charge >= 0.3 is 0 Å². The first-order valence-corrected chi connectivity index (χ1v) is 9.42. The fourth-order valence-corrected chi connectivity index (χ4v) is 2.58. The molecular formula is C22H21N3O5. The molecule has 0 aliphatic rings. The van der Waals surface area contributed by atoms with Gasteiger partial charge in [0.1, 0.15) is 17.6 Å². The van der Waals surface area contributed by atoms with Crippen LogP contribution in [0.5, 0.6) is 5.75 Å². The second kappa shape index (κ2) is 10.0. The molecule has 30 heavy (non-hydrogen) atoms. The van der Waals surface area contributed by atoms with Crippen LogP contribution in [-0.4, -0.2) is 31.2 Å². The van der Waals surface area contributed by atoms with Gasteiger partial charge in [-0.25, -0.2) is 5.43 Å². The highest BCUT2D eigenvalue weighted by Crippen LogP contribution is 2.12. The smallest absolute Gasteiger partial charge is 0.259 e. The summed E-state index contributed by atoms with van der Waals surface area (Å²) in [6.45, 7) is 2.34. The van der Waals surface area contributed by atoms with Gasteiger partial charge in [-0.1, -0.05) is 19.1 Å². The summed E-state index contributed by atoms with van der Waals surface area (Å²) in [7, 11) is 0. The van der Waals surface area contributed by atoms with E-state index in [-0.39, 0.29) is 17.5 Å². The lowest BCUT2D eigenvalue weighted by Crippen LogP contribution is -2.35. The molecule has 0 saturated carbocycles. The number of fused-ring (bicyclic) bond motifs is 1. The van der Waals surface area contributed by atoms with Crippen molar-refractivity contribution in [2.75, 3.05) is 13.2 Å². The second-order valence-electron chi connectivity index (χ2n) is 6.37. The molecule has 8 nitrogen and oxygen atoms in total. The molecule has 3 rings (SSSR count). The first kappa shape index (κ1) is 20.8. The normalized spacial score (nSPS) is 10.8. The molecule has 0 atom stereocenters. The van der Waals surface area contributed by atoms with E-state index >= 15 is 0 Å². The molecule has 0 radical (unpaired) electrons. The number of nitrogens with one attached hydrogen (secondary N) is 2. The predicted molar refractivity (Wildman–Crippen MR) is 113 cm³/mol. The Labute approximate surface area is 172 Å². The number of rotatable bonds is 8. The van der Waals surface area contributed by atoms with Crippen LogP contribution in [0.15, 0.2) is 69.1 Å². The van der Waals surface area contributed by atoms with Gasteiger partial charge < -0.3 is 14.5 Å². The summed E-state index contributed by atoms with van der Waals surface area (Å²) in [4.78, 5) is 36.3. The lowest BCUT2D eigenvalue weighted by atomic mass is 10.2. The summed E-state index contributed by atoms with van der Waals surface area (Å²) in [5, 5.41) is 6.67. The summed E-state index contributed by atoms with van der Waals surface area (Å²) in [5.41, 5.74) is 3.08. The van der Waals surface area contributed by atoms with Crippen LogP contribution in [0.4, 0.5) is 0 Å². The zero-order valence-electron chi connectivity index (χ0n) is 16.4. The molecule has 0 bridgehead atoms. The van der Waals surface area contributed by atoms with Crippen LogP contribution in [-0.2, 0) is 4.79 Å². The van der Waals surface area contributed by atoms with Gasteiger partial charge in [0, 0.05) is 5.56 Å². The van der Waals surface area contributed by atoms with Crippen LogP contribution in [0.25, 0.3) is 11.0 Å². The number of nitrogens with zero attached hydrogens (tertiary/aromatic N) is 1. The summed E-state index contributed by atoms with van der Waals surface area (Å²) in [6.07, 6.45) is 3.37. The van der Waals surface area contributed by atoms with Crippen molar-refractivity contribution in [2.45, 2.75) is 13.3 Å². The maximum atomic E-state index is 12.3. The number of hydrazone groups is 1. The molecule has 1 heterocycles. The summed E-state index contributed by atoms with van der Waals surface area (Å²) >= 11 is 0. The molecule has 0 aliphatic heterocycles. The first-order chi connectivity index (χ1) is 14.6. The van der Waals surface area contributed by atoms with E-state index in [2.05, 4.69) is 15.8 Å². The zero-order valence-corrected chi connectivity index (χ0v) is 16.4. The summed E-state index contributed by atoms with van der Waals surface area (Å²) in [6, 6.07) is 13.5. The van der Waals surface area contributed by atoms with Gasteiger partial charge in [-0.3, -0.25) is 14.4 Å². The van der Waals surface area contributed by atoms with Gasteiger partial charge in [0.2, 0.25) is 5.43 Å². The number of ether oxygens (including phenoxy) is 1. The van der Waals surface area contributed by atoms with Crippen molar-refractivity contribution in [2.24, 2.45) is 5.10 Å². The molecule has 154 valence electrons. The lowest BCUT2D eigenvalue weighted by molar-refractivity contribution is -0.120. The topological polar surface area (TPSA) is 110 Å². The third kappa shape index (κ3) is 5.32. The van der Waals surface area contributed by atoms with E-state index in [1.54, 1.807) is 48.5 Å². The van der Waals surface area contributed by atoms with Gasteiger partial charge in [0.25, 0.3) is 11.8 Å². The summed E-state index contributed by atoms with van der Waals surface area (Å²) in [5.74, 6) is -0.252. The van der Waals surface area contributed by atoms with E-state index < -0.39 is 11.8 Å². The number of hydrogen-bond acceptors (Lipinski definition) is 6. The van der Waals surface area contributed by atoms with E-state index in [1.165, 1.54) is 12.5 Å². The van der Waals surface area contributed by atoms with Crippen molar-refractivity contribution >= 4 is 29.0 Å². The molecular weight excluding hydrogens is 386 g/mol. The minimum Gasteiger partial charge on any atom is -0.494 e. The van der Waals surface area contributed by atoms with Crippen LogP contribution in [0.2, 0.25) is 0 Å². The minimum absolute atomic E-state index is 0.198. The van der Waals surface area contributed by atoms with E-state index in [1.807, 2.05) is 6.92 Å². The van der Waals surface area contributed by atoms with Crippen molar-refractivity contribution in [3.8, 4) is 5.75 Å². The van der Waals surface area contributed by atoms with Crippen LogP contribution in [0.3, 0.4) is 0 Å². The quantitative estimate of drug-likeness (QED) is 0.440. The molecule has 2 N–H and O–H groups in total. The highest BCUT2D eigenvalue weighted by Gasteiger charge is 2.08. The fraction of sp³-hybridized carbons (Fsp3) is 0.182. The number of carbonyl (C=O) groups is 2. The molecule has 0 spiro atoms. The molecule has 1 aromatic heterocycles. The maximum Gasteiger partial charge on any atom is 0.259 e. The fourth-order valence-electron chi connectivity index (χ4n) is 2.58. The Morgan fingerprint density at radius 1 is 1.13 bits per heavy atom. The van der Waals surface area contributed by atoms with Crippen LogP contribution < -0.4 is 20.9 Å². The van der Waals surface area contributed by atoms with Gasteiger partial charge in [-0.05, 0) is 42.8 Å². The monoisotopic (exact) mass is 407 g/mol. The highest BCUT2D eigenvalue weighted by molar-refractivity contribution is 5.96. The first-order valence-electron chi connectivity index (χ1n) is 9.42. The Morgan fingerprint density at radius 3 is 2.67 bits per heavy atom. The van der Waals surface area contributed by atoms with Crippen LogP contribution in [0, 0.1) is 0 Å². The molecule has 0 unspecified atom stereocenters. The number of carbonyl (C=O) groups excluding carboxylic acids is 2. The average Bonchev–Trinajstić information content (AvgIpc) is 2.78. The zero-order chi connectivity index (χ0) is 21.3. The number of hydrogen-bond donors (Lipinski definition) is 2. The van der Waals surface area contributed by atoms with Gasteiger partial charge in [-0.2, -0.15) is 5.10 Å². The largest absolute Gasteiger partial charge is 0.494 e. The second-order valence-corrected chi connectivity index (χ2v) is 6.37. The minimum atomic E-state index is -0.535. The van der Waals surface area contributed by atoms with E-state index in [9.17, 15) is 14.4 Å². The van der Waals surface area contributed by atoms with Crippen molar-refractivity contribution < 1.29 is 18.7 Å². The van der Waals surface area contributed by atoms with E-state index in [0.29, 0.717) is 28.9 Å². The van der Waals surface area contributed by atoms with Crippen molar-refractivity contribution in [1.82, 2.24) is 10.7 Å². The standard InChI is InChI=1S/C22H21N3O5/c1-2-11-29-17-9-7-15(8-10-17)22(28)23-13-20(26)25-24-12-16-14-30-19-6-4-3-5-18(19)21(16)27/h3-10,12,14H,2,11,13H2,1H3,(H,23,28)(H,25,26)/b24-12+. The number of amides is 2. The van der Waals surface area contributed by atoms with Crippen LogP contribution >= 0.6 is 0 Å². The molecule has 2 amide bonds. The predicted octanol–water partition coefficient (Wildman–Crippen LogP) is 2.46. The Morgan fingerprint density at radius 2 is 1.90 bits per heavy atom. The molecule has 8 heteroatoms. The van der Waals surface area contributed by atoms with Crippen molar-refractivity contribution in [1.29, 1.82) is 0 Å². The van der Waals surface area contributed by atoms with Crippen molar-refractivity contribution in [3.63, 3.8) is 0 Å². The highest BCUT2D eigenvalue weighted by atomic mass is 16.5. The Hall–Kier alpha value is -3.94. The maximum absolute atomic E-state index is 12.3. The third-order valence-corrected chi connectivity index (χ3v) is 4.10. The third-order valence-electron chi connectivity index (χ3n) is 4.10. The Balaban J connectivity index is 1.50. The van der Waals surface area contributed by atoms with E-state index in [0.717, 1.165) is 6.42 Å². The Kier molecular flexibility index (Phi) is 6.94. The van der Waals surface area contributed by atoms with Gasteiger partial charge in [-0.15, -0.1) is 0 Å². The molecule has 0 aliphatic carbocycles. The Bertz CT molecular complexity index is 1120. The molecule has 3 aromatic rings. The lowest BCUT2D eigenvalue weighted by Gasteiger charge is -2.07. The van der Waals surface area contributed by atoms with Crippen molar-refractivity contribution in [3.05, 3.63) is 76.1 Å². The van der Waals surface area contributed by atoms with Gasteiger partial charge in [0.05, 0.1) is 30.3 Å². The molecule has 0 fully saturated rings. The molecule has 2 aromatic carbocycles. The molecule has 0 saturated heterocycles. The SMILES string of the molecule is CCCOc1ccc(C(=O)NCC(=O)N/N=C/c2coc3ccccc3c2=O)cc1. The number of benzene rings is 2. The van der Waals surface area contributed by atoms with E-state index in [4.69, 9.17) is 9.15 Å². The summed E-state index contributed by atoms with van der Waals surface area (Å²) < 4.78 is 10.8.